The summed E-state index contributed by atoms with van der Waals surface area (Å²) in [6, 6.07) is 6.54. The van der Waals surface area contributed by atoms with Crippen molar-refractivity contribution < 1.29 is 26.4 Å². The molecule has 1 aromatic carbocycles. The first kappa shape index (κ1) is 23.0. The molecule has 3 rings (SSSR count). The second-order valence-electron chi connectivity index (χ2n) is 8.01. The van der Waals surface area contributed by atoms with Crippen molar-refractivity contribution >= 4 is 27.1 Å². The molecule has 11 heteroatoms. The SMILES string of the molecule is CC(=O)Nc1cnccc1CN1CN(c2ccc(S(=O)(=O)C(F)(F)F)cc2)CC1(C)C. The number of rotatable bonds is 5. The van der Waals surface area contributed by atoms with Gasteiger partial charge in [0.15, 0.2) is 0 Å². The molecule has 1 aliphatic heterocycles. The van der Waals surface area contributed by atoms with Crippen molar-refractivity contribution in [2.45, 2.75) is 43.3 Å². The monoisotopic (exact) mass is 456 g/mol. The maximum atomic E-state index is 12.8. The molecule has 0 atom stereocenters. The smallest absolute Gasteiger partial charge is 0.357 e. The Bertz CT molecular complexity index is 1070. The van der Waals surface area contributed by atoms with E-state index in [1.807, 2.05) is 24.8 Å². The summed E-state index contributed by atoms with van der Waals surface area (Å²) >= 11 is 0. The van der Waals surface area contributed by atoms with E-state index in [4.69, 9.17) is 0 Å². The molecule has 7 nitrogen and oxygen atoms in total. The highest BCUT2D eigenvalue weighted by Gasteiger charge is 2.47. The Morgan fingerprint density at radius 1 is 1.19 bits per heavy atom. The quantitative estimate of drug-likeness (QED) is 0.743. The fourth-order valence-corrected chi connectivity index (χ4v) is 4.25. The third kappa shape index (κ3) is 4.82. The Morgan fingerprint density at radius 3 is 2.42 bits per heavy atom. The number of carbonyl (C=O) groups is 1. The first-order valence-electron chi connectivity index (χ1n) is 9.43. The van der Waals surface area contributed by atoms with Gasteiger partial charge in [-0.05, 0) is 49.7 Å². The van der Waals surface area contributed by atoms with E-state index in [1.165, 1.54) is 19.1 Å². The number of amides is 1. The van der Waals surface area contributed by atoms with Crippen LogP contribution in [0.4, 0.5) is 24.5 Å². The van der Waals surface area contributed by atoms with Crippen LogP contribution in [0.2, 0.25) is 0 Å². The molecule has 2 aromatic rings. The van der Waals surface area contributed by atoms with Crippen molar-refractivity contribution in [2.75, 3.05) is 23.4 Å². The third-order valence-corrected chi connectivity index (χ3v) is 6.68. The molecule has 168 valence electrons. The van der Waals surface area contributed by atoms with E-state index in [2.05, 4.69) is 15.2 Å². The zero-order chi connectivity index (χ0) is 23.0. The van der Waals surface area contributed by atoms with E-state index < -0.39 is 20.2 Å². The standard InChI is InChI=1S/C20H23F3N4O3S/c1-14(28)25-18-10-24-9-8-15(18)11-27-13-26(12-19(27,2)3)16-4-6-17(7-5-16)31(29,30)20(21,22)23/h4-10H,11-13H2,1-3H3,(H,25,28). The van der Waals surface area contributed by atoms with Gasteiger partial charge < -0.3 is 10.2 Å². The Kier molecular flexibility index (Phi) is 6.03. The number of carbonyl (C=O) groups excluding carboxylic acids is 1. The summed E-state index contributed by atoms with van der Waals surface area (Å²) in [5, 5.41) is 2.76. The Labute approximate surface area is 178 Å². The lowest BCUT2D eigenvalue weighted by Gasteiger charge is -2.30. The minimum atomic E-state index is -5.38. The number of sulfone groups is 1. The number of nitrogens with one attached hydrogen (secondary N) is 1. The van der Waals surface area contributed by atoms with Gasteiger partial charge in [-0.15, -0.1) is 0 Å². The van der Waals surface area contributed by atoms with Gasteiger partial charge in [-0.2, -0.15) is 13.2 Å². The van der Waals surface area contributed by atoms with Crippen LogP contribution in [-0.2, 0) is 21.2 Å². The van der Waals surface area contributed by atoms with Crippen molar-refractivity contribution in [2.24, 2.45) is 0 Å². The summed E-state index contributed by atoms with van der Waals surface area (Å²) in [5.74, 6) is -0.203. The number of hydrogen-bond donors (Lipinski definition) is 1. The maximum absolute atomic E-state index is 12.8. The second-order valence-corrected chi connectivity index (χ2v) is 9.95. The van der Waals surface area contributed by atoms with E-state index >= 15 is 0 Å². The Balaban J connectivity index is 1.79. The van der Waals surface area contributed by atoms with Gasteiger partial charge in [0.05, 0.1) is 23.4 Å². The molecule has 0 radical (unpaired) electrons. The fraction of sp³-hybridized carbons (Fsp3) is 0.400. The molecule has 2 heterocycles. The predicted octanol–water partition coefficient (Wildman–Crippen LogP) is 3.39. The minimum absolute atomic E-state index is 0.203. The van der Waals surface area contributed by atoms with Crippen molar-refractivity contribution in [1.82, 2.24) is 9.88 Å². The number of benzene rings is 1. The Hall–Kier alpha value is -2.66. The van der Waals surface area contributed by atoms with Gasteiger partial charge in [-0.25, -0.2) is 8.42 Å². The molecule has 0 unspecified atom stereocenters. The number of pyridine rings is 1. The summed E-state index contributed by atoms with van der Waals surface area (Å²) in [4.78, 5) is 18.8. The lowest BCUT2D eigenvalue weighted by atomic mass is 10.0. The third-order valence-electron chi connectivity index (χ3n) is 5.18. The normalized spacial score (nSPS) is 17.0. The van der Waals surface area contributed by atoms with Crippen LogP contribution in [0.3, 0.4) is 0 Å². The zero-order valence-corrected chi connectivity index (χ0v) is 18.1. The fourth-order valence-electron chi connectivity index (χ4n) is 3.49. The summed E-state index contributed by atoms with van der Waals surface area (Å²) in [6.45, 7) is 7.06. The molecule has 1 N–H and O–H groups in total. The van der Waals surface area contributed by atoms with Crippen LogP contribution < -0.4 is 10.2 Å². The number of nitrogens with zero attached hydrogens (tertiary/aromatic N) is 3. The van der Waals surface area contributed by atoms with Crippen molar-refractivity contribution in [1.29, 1.82) is 0 Å². The van der Waals surface area contributed by atoms with Gasteiger partial charge in [0.1, 0.15) is 0 Å². The molecule has 1 fully saturated rings. The van der Waals surface area contributed by atoms with E-state index in [0.717, 1.165) is 17.7 Å². The van der Waals surface area contributed by atoms with Crippen LogP contribution in [0, 0.1) is 0 Å². The van der Waals surface area contributed by atoms with Crippen LogP contribution in [0.25, 0.3) is 0 Å². The van der Waals surface area contributed by atoms with E-state index in [-0.39, 0.29) is 11.4 Å². The molecule has 1 aliphatic rings. The molecular weight excluding hydrogens is 433 g/mol. The van der Waals surface area contributed by atoms with Crippen LogP contribution in [-0.4, -0.2) is 48.5 Å². The lowest BCUT2D eigenvalue weighted by molar-refractivity contribution is -0.114. The molecule has 0 spiro atoms. The molecule has 0 saturated carbocycles. The summed E-state index contributed by atoms with van der Waals surface area (Å²) in [6.07, 6.45) is 3.22. The molecule has 1 aromatic heterocycles. The molecular formula is C20H23F3N4O3S. The maximum Gasteiger partial charge on any atom is 0.501 e. The largest absolute Gasteiger partial charge is 0.501 e. The summed E-state index contributed by atoms with van der Waals surface area (Å²) in [5.41, 5.74) is -3.50. The summed E-state index contributed by atoms with van der Waals surface area (Å²) < 4.78 is 61.4. The topological polar surface area (TPSA) is 82.6 Å². The molecule has 1 saturated heterocycles. The number of anilines is 2. The highest BCUT2D eigenvalue weighted by atomic mass is 32.2. The van der Waals surface area contributed by atoms with E-state index in [1.54, 1.807) is 12.4 Å². The predicted molar refractivity (Wildman–Crippen MR) is 110 cm³/mol. The lowest BCUT2D eigenvalue weighted by Crippen LogP contribution is -2.39. The van der Waals surface area contributed by atoms with Gasteiger partial charge in [-0.3, -0.25) is 14.7 Å². The Morgan fingerprint density at radius 2 is 1.84 bits per heavy atom. The first-order valence-corrected chi connectivity index (χ1v) is 10.9. The van der Waals surface area contributed by atoms with Gasteiger partial charge in [0.25, 0.3) is 9.84 Å². The van der Waals surface area contributed by atoms with Crippen LogP contribution in [0.5, 0.6) is 0 Å². The van der Waals surface area contributed by atoms with Crippen molar-refractivity contribution in [3.63, 3.8) is 0 Å². The average molecular weight is 456 g/mol. The number of halogens is 3. The summed E-state index contributed by atoms with van der Waals surface area (Å²) in [7, 11) is -5.38. The molecule has 0 aliphatic carbocycles. The number of hydrogen-bond acceptors (Lipinski definition) is 6. The van der Waals surface area contributed by atoms with Gasteiger partial charge in [-0.1, -0.05) is 0 Å². The van der Waals surface area contributed by atoms with Gasteiger partial charge >= 0.3 is 5.51 Å². The first-order chi connectivity index (χ1) is 14.3. The second kappa shape index (κ2) is 8.12. The van der Waals surface area contributed by atoms with Gasteiger partial charge in [0, 0.05) is 37.4 Å². The van der Waals surface area contributed by atoms with E-state index in [0.29, 0.717) is 31.1 Å². The molecule has 1 amide bonds. The number of aromatic nitrogens is 1. The van der Waals surface area contributed by atoms with Crippen molar-refractivity contribution in [3.05, 3.63) is 48.3 Å². The molecule has 0 bridgehead atoms. The number of alkyl halides is 3. The average Bonchev–Trinajstić information content (AvgIpc) is 2.96. The highest BCUT2D eigenvalue weighted by Crippen LogP contribution is 2.34. The zero-order valence-electron chi connectivity index (χ0n) is 17.3. The van der Waals surface area contributed by atoms with Crippen LogP contribution in [0.15, 0.2) is 47.6 Å². The van der Waals surface area contributed by atoms with Crippen molar-refractivity contribution in [3.8, 4) is 0 Å². The molecule has 31 heavy (non-hydrogen) atoms. The van der Waals surface area contributed by atoms with Gasteiger partial charge in [0.2, 0.25) is 5.91 Å². The van der Waals surface area contributed by atoms with E-state index in [9.17, 15) is 26.4 Å². The van der Waals surface area contributed by atoms with Crippen LogP contribution >= 0.6 is 0 Å². The van der Waals surface area contributed by atoms with Crippen LogP contribution in [0.1, 0.15) is 26.3 Å². The minimum Gasteiger partial charge on any atom is -0.357 e. The highest BCUT2D eigenvalue weighted by molar-refractivity contribution is 7.92.